The van der Waals surface area contributed by atoms with Crippen molar-refractivity contribution in [2.45, 2.75) is 0 Å². The van der Waals surface area contributed by atoms with Crippen LogP contribution in [0.4, 0.5) is 0 Å². The van der Waals surface area contributed by atoms with Gasteiger partial charge in [0.25, 0.3) is 0 Å². The van der Waals surface area contributed by atoms with Crippen LogP contribution in [0.5, 0.6) is 0 Å². The molecule has 1 nitrogen and oxygen atoms in total. The van der Waals surface area contributed by atoms with E-state index in [-0.39, 0.29) is 0 Å². The standard InChI is InChI=1S/C45H29N/c1-3-11-30(12-4-1)41-26-33-16-7-8-17-34(33)27-43(41)35-19-22-40-38-21-20-36(45-39-18-10-9-15-32(39)23-24-46-45)25-37(38)29-42(44(40)28-35)31-13-5-2-6-14-31/h1-29H. The molecule has 1 aromatic heterocycles. The van der Waals surface area contributed by atoms with Gasteiger partial charge in [-0.05, 0) is 107 Å². The highest BCUT2D eigenvalue weighted by Crippen LogP contribution is 2.42. The summed E-state index contributed by atoms with van der Waals surface area (Å²) in [5.74, 6) is 0. The Labute approximate surface area is 268 Å². The third-order valence-electron chi connectivity index (χ3n) is 9.26. The molecule has 214 valence electrons. The highest BCUT2D eigenvalue weighted by atomic mass is 14.7. The van der Waals surface area contributed by atoms with Crippen LogP contribution in [0.25, 0.3) is 87.7 Å². The number of benzene rings is 8. The predicted molar refractivity (Wildman–Crippen MR) is 196 cm³/mol. The van der Waals surface area contributed by atoms with E-state index in [1.807, 2.05) is 6.20 Å². The summed E-state index contributed by atoms with van der Waals surface area (Å²) in [5.41, 5.74) is 9.50. The Balaban J connectivity index is 1.30. The average Bonchev–Trinajstić information content (AvgIpc) is 3.14. The molecule has 0 bridgehead atoms. The van der Waals surface area contributed by atoms with Crippen LogP contribution in [0.3, 0.4) is 0 Å². The van der Waals surface area contributed by atoms with E-state index in [4.69, 9.17) is 4.98 Å². The molecule has 0 aliphatic carbocycles. The van der Waals surface area contributed by atoms with Crippen LogP contribution in [0, 0.1) is 0 Å². The molecule has 0 atom stereocenters. The minimum Gasteiger partial charge on any atom is -0.256 e. The lowest BCUT2D eigenvalue weighted by molar-refractivity contribution is 1.36. The average molecular weight is 584 g/mol. The lowest BCUT2D eigenvalue weighted by Crippen LogP contribution is -1.90. The fraction of sp³-hybridized carbons (Fsp3) is 0. The van der Waals surface area contributed by atoms with E-state index >= 15 is 0 Å². The summed E-state index contributed by atoms with van der Waals surface area (Å²) in [6.45, 7) is 0. The third-order valence-corrected chi connectivity index (χ3v) is 9.26. The molecule has 0 amide bonds. The Hall–Kier alpha value is -6.05. The maximum Gasteiger partial charge on any atom is 0.0780 e. The van der Waals surface area contributed by atoms with Crippen molar-refractivity contribution in [1.29, 1.82) is 0 Å². The maximum absolute atomic E-state index is 4.83. The highest BCUT2D eigenvalue weighted by Gasteiger charge is 2.15. The van der Waals surface area contributed by atoms with Gasteiger partial charge >= 0.3 is 0 Å². The Morgan fingerprint density at radius 2 is 0.848 bits per heavy atom. The van der Waals surface area contributed by atoms with Gasteiger partial charge in [-0.25, -0.2) is 0 Å². The van der Waals surface area contributed by atoms with Crippen LogP contribution in [-0.2, 0) is 0 Å². The minimum absolute atomic E-state index is 1.02. The summed E-state index contributed by atoms with van der Waals surface area (Å²) in [4.78, 5) is 4.83. The van der Waals surface area contributed by atoms with Crippen LogP contribution in [0.2, 0.25) is 0 Å². The van der Waals surface area contributed by atoms with Gasteiger partial charge in [0, 0.05) is 17.1 Å². The van der Waals surface area contributed by atoms with E-state index in [9.17, 15) is 0 Å². The Morgan fingerprint density at radius 1 is 0.283 bits per heavy atom. The number of rotatable bonds is 4. The molecular formula is C45H29N. The summed E-state index contributed by atoms with van der Waals surface area (Å²) >= 11 is 0. The summed E-state index contributed by atoms with van der Waals surface area (Å²) in [5, 5.41) is 9.81. The number of hydrogen-bond donors (Lipinski definition) is 0. The number of fused-ring (bicyclic) bond motifs is 5. The van der Waals surface area contributed by atoms with Gasteiger partial charge in [-0.3, -0.25) is 4.98 Å². The van der Waals surface area contributed by atoms with Crippen molar-refractivity contribution in [1.82, 2.24) is 4.98 Å². The molecule has 0 N–H and O–H groups in total. The Bertz CT molecular complexity index is 2560. The van der Waals surface area contributed by atoms with Crippen molar-refractivity contribution in [3.8, 4) is 44.6 Å². The van der Waals surface area contributed by atoms with E-state index in [1.54, 1.807) is 0 Å². The van der Waals surface area contributed by atoms with Crippen molar-refractivity contribution in [2.24, 2.45) is 0 Å². The van der Waals surface area contributed by atoms with Gasteiger partial charge in [-0.15, -0.1) is 0 Å². The van der Waals surface area contributed by atoms with Gasteiger partial charge in [0.15, 0.2) is 0 Å². The van der Waals surface area contributed by atoms with Crippen molar-refractivity contribution in [3.05, 3.63) is 176 Å². The van der Waals surface area contributed by atoms with Gasteiger partial charge in [-0.2, -0.15) is 0 Å². The summed E-state index contributed by atoms with van der Waals surface area (Å²) in [6.07, 6.45) is 1.91. The van der Waals surface area contributed by atoms with Crippen molar-refractivity contribution >= 4 is 43.1 Å². The molecule has 0 radical (unpaired) electrons. The van der Waals surface area contributed by atoms with Gasteiger partial charge in [0.1, 0.15) is 0 Å². The van der Waals surface area contributed by atoms with Crippen LogP contribution >= 0.6 is 0 Å². The molecule has 9 rings (SSSR count). The normalized spacial score (nSPS) is 11.5. The highest BCUT2D eigenvalue weighted by molar-refractivity contribution is 6.16. The molecule has 0 aliphatic heterocycles. The van der Waals surface area contributed by atoms with Gasteiger partial charge in [0.2, 0.25) is 0 Å². The molecule has 1 heterocycles. The molecular weight excluding hydrogens is 555 g/mol. The summed E-state index contributed by atoms with van der Waals surface area (Å²) in [6, 6.07) is 61.6. The second kappa shape index (κ2) is 10.8. The quantitative estimate of drug-likeness (QED) is 0.188. The Kier molecular flexibility index (Phi) is 6.21. The monoisotopic (exact) mass is 583 g/mol. The molecule has 9 aromatic rings. The molecule has 0 fully saturated rings. The first-order chi connectivity index (χ1) is 22.8. The zero-order valence-corrected chi connectivity index (χ0v) is 25.2. The van der Waals surface area contributed by atoms with Crippen molar-refractivity contribution in [2.75, 3.05) is 0 Å². The zero-order valence-electron chi connectivity index (χ0n) is 25.2. The lowest BCUT2D eigenvalue weighted by atomic mass is 9.87. The fourth-order valence-corrected chi connectivity index (χ4v) is 7.02. The number of aromatic nitrogens is 1. The third kappa shape index (κ3) is 4.45. The first-order valence-electron chi connectivity index (χ1n) is 15.8. The van der Waals surface area contributed by atoms with E-state index in [1.165, 1.54) is 76.5 Å². The molecule has 0 saturated heterocycles. The first-order valence-corrected chi connectivity index (χ1v) is 15.8. The molecule has 0 unspecified atom stereocenters. The van der Waals surface area contributed by atoms with Crippen LogP contribution in [0.15, 0.2) is 176 Å². The smallest absolute Gasteiger partial charge is 0.0780 e. The second-order valence-electron chi connectivity index (χ2n) is 12.0. The largest absolute Gasteiger partial charge is 0.256 e. The van der Waals surface area contributed by atoms with Crippen molar-refractivity contribution in [3.63, 3.8) is 0 Å². The predicted octanol–water partition coefficient (Wildman–Crippen LogP) is 12.4. The van der Waals surface area contributed by atoms with E-state index in [2.05, 4.69) is 170 Å². The number of pyridine rings is 1. The topological polar surface area (TPSA) is 12.9 Å². The molecule has 1 heteroatoms. The zero-order chi connectivity index (χ0) is 30.5. The minimum atomic E-state index is 1.02. The maximum atomic E-state index is 4.83. The molecule has 0 aliphatic rings. The van der Waals surface area contributed by atoms with Crippen LogP contribution in [-0.4, -0.2) is 4.98 Å². The molecule has 0 saturated carbocycles. The first kappa shape index (κ1) is 26.4. The summed E-state index contributed by atoms with van der Waals surface area (Å²) in [7, 11) is 0. The molecule has 8 aromatic carbocycles. The Morgan fingerprint density at radius 3 is 1.59 bits per heavy atom. The van der Waals surface area contributed by atoms with Gasteiger partial charge < -0.3 is 0 Å². The van der Waals surface area contributed by atoms with E-state index < -0.39 is 0 Å². The van der Waals surface area contributed by atoms with Crippen molar-refractivity contribution < 1.29 is 0 Å². The molecule has 0 spiro atoms. The van der Waals surface area contributed by atoms with Gasteiger partial charge in [0.05, 0.1) is 5.69 Å². The number of hydrogen-bond acceptors (Lipinski definition) is 1. The van der Waals surface area contributed by atoms with Crippen LogP contribution < -0.4 is 0 Å². The molecule has 46 heavy (non-hydrogen) atoms. The van der Waals surface area contributed by atoms with Gasteiger partial charge in [-0.1, -0.05) is 133 Å². The summed E-state index contributed by atoms with van der Waals surface area (Å²) < 4.78 is 0. The second-order valence-corrected chi connectivity index (χ2v) is 12.0. The van der Waals surface area contributed by atoms with Crippen LogP contribution in [0.1, 0.15) is 0 Å². The SMILES string of the molecule is c1ccc(-c2cc3ccccc3cc2-c2ccc3c(c2)c(-c2ccccc2)cc2cc(-c4nccc5ccccc45)ccc23)cc1. The fourth-order valence-electron chi connectivity index (χ4n) is 7.02. The lowest BCUT2D eigenvalue weighted by Gasteiger charge is -2.16. The van der Waals surface area contributed by atoms with E-state index in [0.29, 0.717) is 0 Å². The number of nitrogens with zero attached hydrogens (tertiary/aromatic N) is 1. The van der Waals surface area contributed by atoms with E-state index in [0.717, 1.165) is 11.3 Å².